The molecule has 2 N–H and O–H groups in total. The average Bonchev–Trinajstić information content (AvgIpc) is 3.12. The minimum atomic E-state index is -0.368. The number of para-hydroxylation sites is 1. The highest BCUT2D eigenvalue weighted by Crippen LogP contribution is 2.23. The molecular formula is C16H21ClN2O3. The van der Waals surface area contributed by atoms with Crippen LogP contribution in [0.1, 0.15) is 18.6 Å². The van der Waals surface area contributed by atoms with Crippen LogP contribution in [0.3, 0.4) is 0 Å². The molecule has 22 heavy (non-hydrogen) atoms. The maximum atomic E-state index is 12.3. The van der Waals surface area contributed by atoms with Crippen LogP contribution in [-0.4, -0.2) is 36.6 Å². The van der Waals surface area contributed by atoms with Gasteiger partial charge in [0, 0.05) is 19.0 Å². The first-order chi connectivity index (χ1) is 10.2. The number of ether oxygens (including phenoxy) is 1. The lowest BCUT2D eigenvalue weighted by Gasteiger charge is -2.20. The fourth-order valence-corrected chi connectivity index (χ4v) is 2.73. The number of likely N-dealkylation sites (N-methyl/N-ethyl adjacent to an activating group) is 1. The summed E-state index contributed by atoms with van der Waals surface area (Å²) < 4.78 is 11.4. The normalized spacial score (nSPS) is 20.8. The van der Waals surface area contributed by atoms with Crippen molar-refractivity contribution in [3.05, 3.63) is 36.1 Å². The monoisotopic (exact) mass is 324 g/mol. The van der Waals surface area contributed by atoms with Gasteiger partial charge in [-0.2, -0.15) is 0 Å². The van der Waals surface area contributed by atoms with Gasteiger partial charge >= 0.3 is 0 Å². The molecule has 6 heteroatoms. The molecule has 1 saturated heterocycles. The van der Waals surface area contributed by atoms with Gasteiger partial charge in [0.2, 0.25) is 0 Å². The standard InChI is InChI=1S/C16H20N2O3.ClH/c1-18(16(19)15-7-6-12(9-17)20-15)10-13-8-11-4-2-3-5-14(11)21-13;/h2-5,8,12,15H,6-7,9-10,17H2,1H3;1H/t12-,15+;/m1./s1. The van der Waals surface area contributed by atoms with Crippen molar-refractivity contribution in [2.45, 2.75) is 31.6 Å². The topological polar surface area (TPSA) is 68.7 Å². The summed E-state index contributed by atoms with van der Waals surface area (Å²) in [6, 6.07) is 9.79. The van der Waals surface area contributed by atoms with Crippen LogP contribution in [0.5, 0.6) is 0 Å². The highest BCUT2D eigenvalue weighted by Gasteiger charge is 2.31. The number of benzene rings is 1. The Hall–Kier alpha value is -1.56. The zero-order chi connectivity index (χ0) is 14.8. The zero-order valence-electron chi connectivity index (χ0n) is 12.5. The quantitative estimate of drug-likeness (QED) is 0.937. The number of carbonyl (C=O) groups excluding carboxylic acids is 1. The number of carbonyl (C=O) groups is 1. The van der Waals surface area contributed by atoms with Crippen molar-refractivity contribution in [2.24, 2.45) is 5.73 Å². The van der Waals surface area contributed by atoms with Crippen molar-refractivity contribution < 1.29 is 13.9 Å². The molecule has 1 aromatic carbocycles. The van der Waals surface area contributed by atoms with Gasteiger partial charge in [-0.1, -0.05) is 18.2 Å². The Kier molecular flexibility index (Phi) is 5.45. The summed E-state index contributed by atoms with van der Waals surface area (Å²) in [6.07, 6.45) is 1.24. The van der Waals surface area contributed by atoms with Crippen LogP contribution in [0.15, 0.2) is 34.7 Å². The molecule has 1 fully saturated rings. The van der Waals surface area contributed by atoms with E-state index in [-0.39, 0.29) is 30.5 Å². The third-order valence-electron chi connectivity index (χ3n) is 3.89. The molecule has 120 valence electrons. The first-order valence-electron chi connectivity index (χ1n) is 7.25. The van der Waals surface area contributed by atoms with Gasteiger partial charge in [0.15, 0.2) is 0 Å². The first kappa shape index (κ1) is 16.8. The van der Waals surface area contributed by atoms with Crippen molar-refractivity contribution in [1.82, 2.24) is 4.90 Å². The molecule has 0 saturated carbocycles. The van der Waals surface area contributed by atoms with Gasteiger partial charge in [0.1, 0.15) is 17.4 Å². The summed E-state index contributed by atoms with van der Waals surface area (Å²) >= 11 is 0. The maximum absolute atomic E-state index is 12.3. The fourth-order valence-electron chi connectivity index (χ4n) is 2.73. The molecule has 1 aliphatic rings. The molecule has 1 amide bonds. The van der Waals surface area contributed by atoms with Crippen LogP contribution >= 0.6 is 12.4 Å². The second-order valence-corrected chi connectivity index (χ2v) is 5.50. The van der Waals surface area contributed by atoms with Gasteiger partial charge in [0.25, 0.3) is 5.91 Å². The number of furan rings is 1. The van der Waals surface area contributed by atoms with Crippen LogP contribution in [0.25, 0.3) is 11.0 Å². The molecule has 0 spiro atoms. The summed E-state index contributed by atoms with van der Waals surface area (Å²) in [7, 11) is 1.77. The smallest absolute Gasteiger partial charge is 0.251 e. The SMILES string of the molecule is CN(Cc1cc2ccccc2o1)C(=O)[C@@H]1CC[C@H](CN)O1.Cl. The zero-order valence-corrected chi connectivity index (χ0v) is 13.3. The first-order valence-corrected chi connectivity index (χ1v) is 7.25. The third kappa shape index (κ3) is 3.43. The summed E-state index contributed by atoms with van der Waals surface area (Å²) in [5, 5.41) is 1.05. The molecule has 1 aliphatic heterocycles. The number of nitrogens with two attached hydrogens (primary N) is 1. The Bertz CT molecular complexity index is 610. The lowest BCUT2D eigenvalue weighted by Crippen LogP contribution is -2.36. The molecule has 2 atom stereocenters. The summed E-state index contributed by atoms with van der Waals surface area (Å²) in [5.74, 6) is 0.770. The second kappa shape index (κ2) is 7.13. The van der Waals surface area contributed by atoms with E-state index in [1.54, 1.807) is 11.9 Å². The molecule has 0 radical (unpaired) electrons. The number of hydrogen-bond acceptors (Lipinski definition) is 4. The number of nitrogens with zero attached hydrogens (tertiary/aromatic N) is 1. The van der Waals surface area contributed by atoms with Crippen LogP contribution in [0.4, 0.5) is 0 Å². The van der Waals surface area contributed by atoms with Crippen molar-refractivity contribution in [2.75, 3.05) is 13.6 Å². The highest BCUT2D eigenvalue weighted by molar-refractivity contribution is 5.85. The Balaban J connectivity index is 0.00000176. The lowest BCUT2D eigenvalue weighted by atomic mass is 10.2. The molecule has 3 rings (SSSR count). The van der Waals surface area contributed by atoms with Gasteiger partial charge in [-0.05, 0) is 25.0 Å². The van der Waals surface area contributed by atoms with Crippen LogP contribution < -0.4 is 5.73 Å². The number of rotatable bonds is 4. The van der Waals surface area contributed by atoms with Gasteiger partial charge in [-0.15, -0.1) is 12.4 Å². The minimum absolute atomic E-state index is 0. The van der Waals surface area contributed by atoms with Crippen molar-refractivity contribution in [1.29, 1.82) is 0 Å². The Labute approximate surface area is 135 Å². The summed E-state index contributed by atoms with van der Waals surface area (Å²) in [5.41, 5.74) is 6.42. The number of fused-ring (bicyclic) bond motifs is 1. The van der Waals surface area contributed by atoms with Gasteiger partial charge in [-0.3, -0.25) is 4.79 Å². The fraction of sp³-hybridized carbons (Fsp3) is 0.438. The molecule has 5 nitrogen and oxygen atoms in total. The van der Waals surface area contributed by atoms with E-state index < -0.39 is 0 Å². The molecule has 2 heterocycles. The van der Waals surface area contributed by atoms with Gasteiger partial charge < -0.3 is 19.8 Å². The van der Waals surface area contributed by atoms with Crippen molar-refractivity contribution >= 4 is 29.3 Å². The van der Waals surface area contributed by atoms with E-state index in [0.29, 0.717) is 13.1 Å². The average molecular weight is 325 g/mol. The van der Waals surface area contributed by atoms with E-state index >= 15 is 0 Å². The molecule has 0 unspecified atom stereocenters. The lowest BCUT2D eigenvalue weighted by molar-refractivity contribution is -0.142. The van der Waals surface area contributed by atoms with E-state index in [1.807, 2.05) is 30.3 Å². The Morgan fingerprint density at radius 1 is 1.36 bits per heavy atom. The van der Waals surface area contributed by atoms with E-state index in [9.17, 15) is 4.79 Å². The number of halogens is 1. The van der Waals surface area contributed by atoms with Gasteiger partial charge in [0.05, 0.1) is 12.6 Å². The van der Waals surface area contributed by atoms with Crippen LogP contribution in [0.2, 0.25) is 0 Å². The van der Waals surface area contributed by atoms with E-state index in [4.69, 9.17) is 14.9 Å². The van der Waals surface area contributed by atoms with Crippen molar-refractivity contribution in [3.63, 3.8) is 0 Å². The molecular weight excluding hydrogens is 304 g/mol. The van der Waals surface area contributed by atoms with E-state index in [1.165, 1.54) is 0 Å². The highest BCUT2D eigenvalue weighted by atomic mass is 35.5. The Morgan fingerprint density at radius 3 is 2.82 bits per heavy atom. The van der Waals surface area contributed by atoms with E-state index in [2.05, 4.69) is 0 Å². The number of amides is 1. The molecule has 2 aromatic rings. The van der Waals surface area contributed by atoms with Crippen molar-refractivity contribution in [3.8, 4) is 0 Å². The maximum Gasteiger partial charge on any atom is 0.251 e. The molecule has 1 aromatic heterocycles. The predicted octanol–water partition coefficient (Wildman–Crippen LogP) is 2.32. The predicted molar refractivity (Wildman–Crippen MR) is 86.9 cm³/mol. The van der Waals surface area contributed by atoms with E-state index in [0.717, 1.165) is 29.6 Å². The minimum Gasteiger partial charge on any atom is -0.459 e. The van der Waals surface area contributed by atoms with Crippen LogP contribution in [-0.2, 0) is 16.1 Å². The molecule has 0 aliphatic carbocycles. The summed E-state index contributed by atoms with van der Waals surface area (Å²) in [4.78, 5) is 14.0. The number of hydrogen-bond donors (Lipinski definition) is 1. The summed E-state index contributed by atoms with van der Waals surface area (Å²) in [6.45, 7) is 0.914. The van der Waals surface area contributed by atoms with Crippen LogP contribution in [0, 0.1) is 0 Å². The molecule has 0 bridgehead atoms. The largest absolute Gasteiger partial charge is 0.459 e. The third-order valence-corrected chi connectivity index (χ3v) is 3.89. The second-order valence-electron chi connectivity index (χ2n) is 5.50. The van der Waals surface area contributed by atoms with Gasteiger partial charge in [-0.25, -0.2) is 0 Å². The Morgan fingerprint density at radius 2 is 2.14 bits per heavy atom.